The third-order valence-corrected chi connectivity index (χ3v) is 1.69. The lowest BCUT2D eigenvalue weighted by molar-refractivity contribution is -0.141. The van der Waals surface area contributed by atoms with E-state index in [4.69, 9.17) is 10.2 Å². The van der Waals surface area contributed by atoms with Crippen molar-refractivity contribution in [1.29, 1.82) is 0 Å². The first-order valence-electron chi connectivity index (χ1n) is 4.70. The quantitative estimate of drug-likeness (QED) is 0.528. The molecule has 0 unspecified atom stereocenters. The zero-order chi connectivity index (χ0) is 12.7. The Hall–Kier alpha value is -2.44. The highest BCUT2D eigenvalue weighted by molar-refractivity contribution is 5.79. The zero-order valence-corrected chi connectivity index (χ0v) is 8.85. The Kier molecular flexibility index (Phi) is 4.61. The molecule has 0 bridgehead atoms. The number of aliphatic carboxylic acids is 2. The van der Waals surface area contributed by atoms with Crippen LogP contribution in [0.5, 0.6) is 0 Å². The Morgan fingerprint density at radius 1 is 1.35 bits per heavy atom. The number of nitrogens with zero attached hydrogens (tertiary/aromatic N) is 3. The van der Waals surface area contributed by atoms with Crippen molar-refractivity contribution in [2.24, 2.45) is 5.10 Å². The topological polar surface area (TPSA) is 103 Å². The van der Waals surface area contributed by atoms with E-state index in [0.29, 0.717) is 5.56 Å². The van der Waals surface area contributed by atoms with Gasteiger partial charge in [0.2, 0.25) is 0 Å². The van der Waals surface area contributed by atoms with E-state index in [1.54, 1.807) is 18.3 Å². The summed E-state index contributed by atoms with van der Waals surface area (Å²) in [7, 11) is 0. The molecular formula is C10H11N3O4. The molecule has 0 saturated heterocycles. The minimum atomic E-state index is -1.14. The number of aromatic nitrogens is 1. The zero-order valence-electron chi connectivity index (χ0n) is 8.85. The van der Waals surface area contributed by atoms with Gasteiger partial charge in [-0.15, -0.1) is 0 Å². The molecule has 1 aromatic rings. The molecule has 7 heteroatoms. The number of hydrogen-bond donors (Lipinski definition) is 2. The summed E-state index contributed by atoms with van der Waals surface area (Å²) in [6.07, 6.45) is 4.48. The van der Waals surface area contributed by atoms with Gasteiger partial charge < -0.3 is 10.2 Å². The van der Waals surface area contributed by atoms with Crippen molar-refractivity contribution in [3.8, 4) is 0 Å². The van der Waals surface area contributed by atoms with Gasteiger partial charge in [0, 0.05) is 18.0 Å². The molecule has 0 atom stereocenters. The molecule has 7 nitrogen and oxygen atoms in total. The normalized spacial score (nSPS) is 10.4. The molecule has 0 amide bonds. The van der Waals surface area contributed by atoms with Crippen molar-refractivity contribution < 1.29 is 19.8 Å². The first kappa shape index (κ1) is 12.6. The summed E-state index contributed by atoms with van der Waals surface area (Å²) in [6.45, 7) is -0.938. The summed E-state index contributed by atoms with van der Waals surface area (Å²) >= 11 is 0. The van der Waals surface area contributed by atoms with E-state index in [1.165, 1.54) is 12.4 Å². The van der Waals surface area contributed by atoms with Gasteiger partial charge >= 0.3 is 11.9 Å². The van der Waals surface area contributed by atoms with E-state index >= 15 is 0 Å². The van der Waals surface area contributed by atoms with Crippen LogP contribution in [0.3, 0.4) is 0 Å². The number of hydrogen-bond acceptors (Lipinski definition) is 5. The van der Waals surface area contributed by atoms with Crippen molar-refractivity contribution in [3.63, 3.8) is 0 Å². The molecule has 0 saturated carbocycles. The molecule has 0 aromatic carbocycles. The Bertz CT molecular complexity index is 403. The first-order chi connectivity index (χ1) is 8.08. The van der Waals surface area contributed by atoms with Crippen LogP contribution in [0.15, 0.2) is 29.6 Å². The van der Waals surface area contributed by atoms with Crippen molar-refractivity contribution in [3.05, 3.63) is 30.1 Å². The summed E-state index contributed by atoms with van der Waals surface area (Å²) in [5, 5.41) is 21.9. The number of hydrazone groups is 1. The van der Waals surface area contributed by atoms with Crippen molar-refractivity contribution in [2.45, 2.75) is 0 Å². The monoisotopic (exact) mass is 237 g/mol. The molecule has 0 aliphatic heterocycles. The number of pyridine rings is 1. The van der Waals surface area contributed by atoms with Crippen LogP contribution in [-0.2, 0) is 9.59 Å². The highest BCUT2D eigenvalue weighted by Crippen LogP contribution is 1.94. The summed E-state index contributed by atoms with van der Waals surface area (Å²) < 4.78 is 0. The molecule has 2 N–H and O–H groups in total. The molecule has 0 aliphatic carbocycles. The second-order valence-corrected chi connectivity index (χ2v) is 3.14. The molecule has 90 valence electrons. The Morgan fingerprint density at radius 2 is 2.00 bits per heavy atom. The summed E-state index contributed by atoms with van der Waals surface area (Å²) in [6, 6.07) is 3.41. The van der Waals surface area contributed by atoms with E-state index in [-0.39, 0.29) is 0 Å². The highest BCUT2D eigenvalue weighted by Gasteiger charge is 2.10. The molecular weight excluding hydrogens is 226 g/mol. The van der Waals surface area contributed by atoms with Crippen LogP contribution in [0.2, 0.25) is 0 Å². The summed E-state index contributed by atoms with van der Waals surface area (Å²) in [5.74, 6) is -2.29. The maximum atomic E-state index is 10.5. The minimum Gasteiger partial charge on any atom is -0.480 e. The maximum Gasteiger partial charge on any atom is 0.324 e. The standard InChI is InChI=1S/C10H11N3O4/c14-9(15)6-13(7-10(16)17)12-5-8-2-1-3-11-4-8/h1-5H,6-7H2,(H,14,15)(H,16,17)/b12-5-. The van der Waals surface area contributed by atoms with Gasteiger partial charge in [0.1, 0.15) is 13.1 Å². The second-order valence-electron chi connectivity index (χ2n) is 3.14. The molecule has 1 heterocycles. The lowest BCUT2D eigenvalue weighted by atomic mass is 10.3. The molecule has 0 aliphatic rings. The Morgan fingerprint density at radius 3 is 2.47 bits per heavy atom. The summed E-state index contributed by atoms with van der Waals surface area (Å²) in [5.41, 5.74) is 0.660. The average Bonchev–Trinajstić information content (AvgIpc) is 2.26. The van der Waals surface area contributed by atoms with Crippen LogP contribution in [0.25, 0.3) is 0 Å². The van der Waals surface area contributed by atoms with E-state index in [0.717, 1.165) is 5.01 Å². The molecule has 17 heavy (non-hydrogen) atoms. The van der Waals surface area contributed by atoms with Gasteiger partial charge in [-0.3, -0.25) is 19.6 Å². The van der Waals surface area contributed by atoms with Gasteiger partial charge in [0.15, 0.2) is 0 Å². The van der Waals surface area contributed by atoms with Crippen molar-refractivity contribution in [2.75, 3.05) is 13.1 Å². The molecule has 1 aromatic heterocycles. The average molecular weight is 237 g/mol. The van der Waals surface area contributed by atoms with Crippen molar-refractivity contribution >= 4 is 18.2 Å². The van der Waals surface area contributed by atoms with E-state index in [2.05, 4.69) is 10.1 Å². The van der Waals surface area contributed by atoms with Gasteiger partial charge in [-0.1, -0.05) is 6.07 Å². The fourth-order valence-corrected chi connectivity index (χ4v) is 1.05. The van der Waals surface area contributed by atoms with Crippen LogP contribution in [0.1, 0.15) is 5.56 Å². The minimum absolute atomic E-state index is 0.469. The SMILES string of the molecule is O=C(O)CN(CC(=O)O)/N=C\c1cccnc1. The fraction of sp³-hybridized carbons (Fsp3) is 0.200. The smallest absolute Gasteiger partial charge is 0.324 e. The Labute approximate surface area is 97.0 Å². The van der Waals surface area contributed by atoms with Gasteiger partial charge in [-0.25, -0.2) is 0 Å². The van der Waals surface area contributed by atoms with Gasteiger partial charge in [0.25, 0.3) is 0 Å². The van der Waals surface area contributed by atoms with Crippen LogP contribution in [0.4, 0.5) is 0 Å². The van der Waals surface area contributed by atoms with Gasteiger partial charge in [0.05, 0.1) is 6.21 Å². The van der Waals surface area contributed by atoms with E-state index in [1.807, 2.05) is 0 Å². The third-order valence-electron chi connectivity index (χ3n) is 1.69. The number of carbonyl (C=O) groups is 2. The number of rotatable bonds is 6. The van der Waals surface area contributed by atoms with Gasteiger partial charge in [-0.2, -0.15) is 5.10 Å². The van der Waals surface area contributed by atoms with E-state index in [9.17, 15) is 9.59 Å². The summed E-state index contributed by atoms with van der Waals surface area (Å²) in [4.78, 5) is 24.8. The van der Waals surface area contributed by atoms with Gasteiger partial charge in [-0.05, 0) is 6.07 Å². The number of carboxylic acid groups (broad SMARTS) is 2. The Balaban J connectivity index is 2.68. The fourth-order valence-electron chi connectivity index (χ4n) is 1.05. The van der Waals surface area contributed by atoms with Crippen LogP contribution in [0, 0.1) is 0 Å². The predicted molar refractivity (Wildman–Crippen MR) is 58.7 cm³/mol. The van der Waals surface area contributed by atoms with Crippen LogP contribution >= 0.6 is 0 Å². The predicted octanol–water partition coefficient (Wildman–Crippen LogP) is -0.113. The molecule has 0 fully saturated rings. The number of carboxylic acids is 2. The first-order valence-corrected chi connectivity index (χ1v) is 4.70. The highest BCUT2D eigenvalue weighted by atomic mass is 16.4. The lowest BCUT2D eigenvalue weighted by Gasteiger charge is -2.13. The van der Waals surface area contributed by atoms with Crippen LogP contribution in [-0.4, -0.2) is 51.4 Å². The largest absolute Gasteiger partial charge is 0.480 e. The third kappa shape index (κ3) is 5.26. The van der Waals surface area contributed by atoms with E-state index < -0.39 is 25.0 Å². The molecule has 0 radical (unpaired) electrons. The molecule has 1 rings (SSSR count). The van der Waals surface area contributed by atoms with Crippen molar-refractivity contribution in [1.82, 2.24) is 9.99 Å². The second kappa shape index (κ2) is 6.21. The maximum absolute atomic E-state index is 10.5. The van der Waals surface area contributed by atoms with Crippen LogP contribution < -0.4 is 0 Å². The lowest BCUT2D eigenvalue weighted by Crippen LogP contribution is -2.30. The molecule has 0 spiro atoms.